The topological polar surface area (TPSA) is 49.7 Å². The second kappa shape index (κ2) is 3.88. The third-order valence-corrected chi connectivity index (χ3v) is 2.07. The third-order valence-electron chi connectivity index (χ3n) is 1.15. The summed E-state index contributed by atoms with van der Waals surface area (Å²) in [6.45, 7) is 0. The van der Waals surface area contributed by atoms with Crippen LogP contribution in [0.1, 0.15) is 16.1 Å². The molecule has 0 radical (unpaired) electrons. The van der Waals surface area contributed by atoms with Crippen molar-refractivity contribution in [1.29, 1.82) is 0 Å². The van der Waals surface area contributed by atoms with E-state index >= 15 is 0 Å². The summed E-state index contributed by atoms with van der Waals surface area (Å²) in [4.78, 5) is 11.8. The molecule has 0 aliphatic heterocycles. The summed E-state index contributed by atoms with van der Waals surface area (Å²) in [5.74, 6) is -0.0159. The lowest BCUT2D eigenvalue weighted by molar-refractivity contribution is 0.100. The van der Waals surface area contributed by atoms with E-state index in [2.05, 4.69) is 5.16 Å². The highest BCUT2D eigenvalue weighted by molar-refractivity contribution is 7.12. The van der Waals surface area contributed by atoms with Crippen molar-refractivity contribution in [2.45, 2.75) is 6.42 Å². The number of hydrogen-bond donors (Lipinski definition) is 1. The minimum atomic E-state index is -0.0159. The second-order valence-corrected chi connectivity index (χ2v) is 2.85. The number of thiophene rings is 1. The number of rotatable bonds is 3. The first kappa shape index (κ1) is 7.94. The standard InChI is InChI=1S/C7H7NO2S/c9-6(3-4-8-10)7-2-1-5-11-7/h1-2,4-5,10H,3H2. The summed E-state index contributed by atoms with van der Waals surface area (Å²) < 4.78 is 0. The molecule has 0 fully saturated rings. The molecule has 1 N–H and O–H groups in total. The van der Waals surface area contributed by atoms with E-state index in [9.17, 15) is 4.79 Å². The normalized spacial score (nSPS) is 10.5. The van der Waals surface area contributed by atoms with E-state index < -0.39 is 0 Å². The van der Waals surface area contributed by atoms with Crippen molar-refractivity contribution in [2.24, 2.45) is 5.16 Å². The molecule has 1 heterocycles. The first-order chi connectivity index (χ1) is 5.34. The third kappa shape index (κ3) is 2.16. The quantitative estimate of drug-likeness (QED) is 0.324. The smallest absolute Gasteiger partial charge is 0.178 e. The zero-order chi connectivity index (χ0) is 8.10. The summed E-state index contributed by atoms with van der Waals surface area (Å²) in [6, 6.07) is 3.56. The van der Waals surface area contributed by atoms with Crippen LogP contribution in [0.3, 0.4) is 0 Å². The molecule has 0 saturated carbocycles. The van der Waals surface area contributed by atoms with Crippen LogP contribution < -0.4 is 0 Å². The predicted octanol–water partition coefficient (Wildman–Crippen LogP) is 1.78. The molecular formula is C7H7NO2S. The van der Waals surface area contributed by atoms with Crippen molar-refractivity contribution in [3.63, 3.8) is 0 Å². The molecule has 0 unspecified atom stereocenters. The fraction of sp³-hybridized carbons (Fsp3) is 0.143. The van der Waals surface area contributed by atoms with Gasteiger partial charge in [-0.2, -0.15) is 0 Å². The number of hydrogen-bond acceptors (Lipinski definition) is 4. The summed E-state index contributed by atoms with van der Waals surface area (Å²) in [5.41, 5.74) is 0. The molecule has 0 saturated heterocycles. The number of oxime groups is 1. The van der Waals surface area contributed by atoms with Gasteiger partial charge in [0, 0.05) is 0 Å². The summed E-state index contributed by atoms with van der Waals surface area (Å²) >= 11 is 1.39. The van der Waals surface area contributed by atoms with Gasteiger partial charge >= 0.3 is 0 Å². The maximum absolute atomic E-state index is 11.1. The Morgan fingerprint density at radius 3 is 3.18 bits per heavy atom. The average molecular weight is 169 g/mol. The number of carbonyl (C=O) groups excluding carboxylic acids is 1. The van der Waals surface area contributed by atoms with Gasteiger partial charge < -0.3 is 5.21 Å². The number of nitrogens with zero attached hydrogens (tertiary/aromatic N) is 1. The Morgan fingerprint density at radius 2 is 2.64 bits per heavy atom. The van der Waals surface area contributed by atoms with Gasteiger partial charge in [0.2, 0.25) is 0 Å². The van der Waals surface area contributed by atoms with Gasteiger partial charge in [-0.3, -0.25) is 4.79 Å². The molecule has 58 valence electrons. The van der Waals surface area contributed by atoms with Crippen LogP contribution in [0.2, 0.25) is 0 Å². The van der Waals surface area contributed by atoms with E-state index in [1.54, 1.807) is 6.07 Å². The number of Topliss-reactive ketones (excluding diaryl/α,β-unsaturated/α-hetero) is 1. The minimum absolute atomic E-state index is 0.0159. The number of carbonyl (C=O) groups is 1. The SMILES string of the molecule is O=C(CC=NO)c1cccs1. The monoisotopic (exact) mass is 169 g/mol. The largest absolute Gasteiger partial charge is 0.411 e. The van der Waals surface area contributed by atoms with Gasteiger partial charge in [0.1, 0.15) is 0 Å². The first-order valence-corrected chi connectivity index (χ1v) is 3.95. The molecular weight excluding hydrogens is 162 g/mol. The molecule has 0 aromatic carbocycles. The van der Waals surface area contributed by atoms with Crippen molar-refractivity contribution in [1.82, 2.24) is 0 Å². The molecule has 0 spiro atoms. The van der Waals surface area contributed by atoms with Crippen molar-refractivity contribution in [3.8, 4) is 0 Å². The molecule has 4 heteroatoms. The molecule has 0 aliphatic rings. The Morgan fingerprint density at radius 1 is 1.82 bits per heavy atom. The van der Waals surface area contributed by atoms with Crippen LogP contribution in [-0.4, -0.2) is 17.2 Å². The van der Waals surface area contributed by atoms with Gasteiger partial charge in [-0.25, -0.2) is 0 Å². The zero-order valence-electron chi connectivity index (χ0n) is 5.73. The Hall–Kier alpha value is -1.16. The van der Waals surface area contributed by atoms with Gasteiger partial charge in [-0.15, -0.1) is 16.5 Å². The van der Waals surface area contributed by atoms with Crippen LogP contribution in [0, 0.1) is 0 Å². The molecule has 0 atom stereocenters. The van der Waals surface area contributed by atoms with E-state index in [0.29, 0.717) is 4.88 Å². The summed E-state index contributed by atoms with van der Waals surface area (Å²) in [7, 11) is 0. The highest BCUT2D eigenvalue weighted by Crippen LogP contribution is 2.09. The molecule has 1 rings (SSSR count). The minimum Gasteiger partial charge on any atom is -0.411 e. The lowest BCUT2D eigenvalue weighted by Crippen LogP contribution is -1.95. The van der Waals surface area contributed by atoms with Crippen LogP contribution >= 0.6 is 11.3 Å². The Kier molecular flexibility index (Phi) is 2.80. The predicted molar refractivity (Wildman–Crippen MR) is 43.5 cm³/mol. The zero-order valence-corrected chi connectivity index (χ0v) is 6.54. The maximum atomic E-state index is 11.1. The van der Waals surface area contributed by atoms with Crippen LogP contribution in [0.5, 0.6) is 0 Å². The molecule has 0 bridgehead atoms. The lowest BCUT2D eigenvalue weighted by atomic mass is 10.2. The van der Waals surface area contributed by atoms with Gasteiger partial charge in [-0.1, -0.05) is 6.07 Å². The fourth-order valence-corrected chi connectivity index (χ4v) is 1.34. The highest BCUT2D eigenvalue weighted by Gasteiger charge is 2.03. The molecule has 11 heavy (non-hydrogen) atoms. The number of ketones is 1. The molecule has 1 aromatic rings. The molecule has 1 aromatic heterocycles. The van der Waals surface area contributed by atoms with E-state index in [1.165, 1.54) is 17.6 Å². The Bertz CT molecular complexity index is 253. The van der Waals surface area contributed by atoms with Crippen molar-refractivity contribution in [2.75, 3.05) is 0 Å². The summed E-state index contributed by atoms with van der Waals surface area (Å²) in [5, 5.41) is 12.6. The highest BCUT2D eigenvalue weighted by atomic mass is 32.1. The Balaban J connectivity index is 2.56. The Labute approximate surface area is 68.0 Å². The van der Waals surface area contributed by atoms with Crippen molar-refractivity contribution in [3.05, 3.63) is 22.4 Å². The fourth-order valence-electron chi connectivity index (χ4n) is 0.662. The molecule has 0 amide bonds. The first-order valence-electron chi connectivity index (χ1n) is 3.07. The van der Waals surface area contributed by atoms with Crippen molar-refractivity contribution >= 4 is 23.3 Å². The van der Waals surface area contributed by atoms with Crippen LogP contribution in [0.4, 0.5) is 0 Å². The van der Waals surface area contributed by atoms with Crippen LogP contribution in [-0.2, 0) is 0 Å². The maximum Gasteiger partial charge on any atom is 0.178 e. The summed E-state index contributed by atoms with van der Waals surface area (Å²) in [6.07, 6.45) is 1.35. The van der Waals surface area contributed by atoms with E-state index in [1.807, 2.05) is 11.4 Å². The van der Waals surface area contributed by atoms with Crippen LogP contribution in [0.25, 0.3) is 0 Å². The van der Waals surface area contributed by atoms with Gasteiger partial charge in [0.15, 0.2) is 5.78 Å². The van der Waals surface area contributed by atoms with Gasteiger partial charge in [0.25, 0.3) is 0 Å². The van der Waals surface area contributed by atoms with Gasteiger partial charge in [0.05, 0.1) is 17.5 Å². The molecule has 0 aliphatic carbocycles. The van der Waals surface area contributed by atoms with E-state index in [4.69, 9.17) is 5.21 Å². The second-order valence-electron chi connectivity index (χ2n) is 1.90. The van der Waals surface area contributed by atoms with E-state index in [0.717, 1.165) is 0 Å². The van der Waals surface area contributed by atoms with Crippen molar-refractivity contribution < 1.29 is 10.0 Å². The average Bonchev–Trinajstić information content (AvgIpc) is 2.52. The lowest BCUT2D eigenvalue weighted by Gasteiger charge is -1.87. The van der Waals surface area contributed by atoms with Crippen LogP contribution in [0.15, 0.2) is 22.7 Å². The molecule has 3 nitrogen and oxygen atoms in total. The van der Waals surface area contributed by atoms with Gasteiger partial charge in [-0.05, 0) is 11.4 Å². The van der Waals surface area contributed by atoms with E-state index in [-0.39, 0.29) is 12.2 Å².